The topological polar surface area (TPSA) is 106 Å². The van der Waals surface area contributed by atoms with Gasteiger partial charge in [-0.15, -0.1) is 0 Å². The second-order valence-corrected chi connectivity index (χ2v) is 4.27. The van der Waals surface area contributed by atoms with Crippen molar-refractivity contribution in [3.63, 3.8) is 0 Å². The first-order valence-corrected chi connectivity index (χ1v) is 6.04. The molecule has 4 N–H and O–H groups in total. The van der Waals surface area contributed by atoms with Gasteiger partial charge in [0.15, 0.2) is 0 Å². The first-order chi connectivity index (χ1) is 9.60. The normalized spacial score (nSPS) is 11.7. The zero-order valence-electron chi connectivity index (χ0n) is 10.9. The zero-order chi connectivity index (χ0) is 14.5. The largest absolute Gasteiger partial charge is 0.363 e. The van der Waals surface area contributed by atoms with Crippen LogP contribution >= 0.6 is 0 Å². The summed E-state index contributed by atoms with van der Waals surface area (Å²) in [6, 6.07) is 12.4. The molecule has 0 aliphatic carbocycles. The number of hydrazine groups is 1. The van der Waals surface area contributed by atoms with E-state index < -0.39 is 4.92 Å². The van der Waals surface area contributed by atoms with Gasteiger partial charge in [-0.3, -0.25) is 10.1 Å². The first-order valence-electron chi connectivity index (χ1n) is 6.04. The molecule has 2 aromatic rings. The smallest absolute Gasteiger partial charge is 0.276 e. The maximum atomic E-state index is 10.9. The standard InChI is InChI=1S/C13H15N5O2/c1-9(10-5-3-2-4-6-10)15-12-7-11(18(19)20)8-13(16-12)17-14/h2-9H,14H2,1H3,(H2,15,16,17). The fraction of sp³-hybridized carbons (Fsp3) is 0.154. The lowest BCUT2D eigenvalue weighted by Gasteiger charge is -2.15. The van der Waals surface area contributed by atoms with Crippen molar-refractivity contribution in [3.05, 3.63) is 58.1 Å². The minimum absolute atomic E-state index is 0.0312. The summed E-state index contributed by atoms with van der Waals surface area (Å²) in [4.78, 5) is 14.5. The molecule has 2 rings (SSSR count). The molecular formula is C13H15N5O2. The Hall–Kier alpha value is -2.67. The molecule has 0 aliphatic heterocycles. The van der Waals surface area contributed by atoms with Crippen LogP contribution < -0.4 is 16.6 Å². The monoisotopic (exact) mass is 273 g/mol. The highest BCUT2D eigenvalue weighted by Crippen LogP contribution is 2.23. The number of hydrogen-bond acceptors (Lipinski definition) is 6. The Bertz CT molecular complexity index is 603. The molecule has 7 nitrogen and oxygen atoms in total. The second-order valence-electron chi connectivity index (χ2n) is 4.27. The van der Waals surface area contributed by atoms with Crippen molar-refractivity contribution in [2.24, 2.45) is 5.84 Å². The van der Waals surface area contributed by atoms with Gasteiger partial charge in [-0.25, -0.2) is 10.8 Å². The molecule has 1 aromatic heterocycles. The van der Waals surface area contributed by atoms with Crippen molar-refractivity contribution in [1.29, 1.82) is 0 Å². The van der Waals surface area contributed by atoms with Gasteiger partial charge < -0.3 is 10.7 Å². The van der Waals surface area contributed by atoms with E-state index in [1.807, 2.05) is 37.3 Å². The van der Waals surface area contributed by atoms with Crippen LogP contribution in [0.1, 0.15) is 18.5 Å². The fourth-order valence-corrected chi connectivity index (χ4v) is 1.82. The zero-order valence-corrected chi connectivity index (χ0v) is 10.9. The number of nitro groups is 1. The number of anilines is 2. The highest BCUT2D eigenvalue weighted by Gasteiger charge is 2.13. The van der Waals surface area contributed by atoms with Gasteiger partial charge in [0.2, 0.25) is 0 Å². The van der Waals surface area contributed by atoms with E-state index in [0.29, 0.717) is 5.82 Å². The van der Waals surface area contributed by atoms with E-state index in [0.717, 1.165) is 5.56 Å². The predicted octanol–water partition coefficient (Wildman–Crippen LogP) is 2.45. The summed E-state index contributed by atoms with van der Waals surface area (Å²) in [6.45, 7) is 1.95. The molecule has 0 radical (unpaired) electrons. The fourth-order valence-electron chi connectivity index (χ4n) is 1.82. The lowest BCUT2D eigenvalue weighted by atomic mass is 10.1. The SMILES string of the molecule is CC(Nc1cc([N+](=O)[O-])cc(NN)n1)c1ccccc1. The number of nitrogens with zero attached hydrogens (tertiary/aromatic N) is 2. The van der Waals surface area contributed by atoms with E-state index in [4.69, 9.17) is 5.84 Å². The Labute approximate surface area is 116 Å². The van der Waals surface area contributed by atoms with Gasteiger partial charge in [-0.2, -0.15) is 0 Å². The van der Waals surface area contributed by atoms with E-state index in [-0.39, 0.29) is 17.5 Å². The maximum absolute atomic E-state index is 10.9. The second kappa shape index (κ2) is 5.98. The van der Waals surface area contributed by atoms with Gasteiger partial charge in [0.05, 0.1) is 17.1 Å². The van der Waals surface area contributed by atoms with Gasteiger partial charge in [-0.05, 0) is 12.5 Å². The Morgan fingerprint density at radius 1 is 1.25 bits per heavy atom. The third kappa shape index (κ3) is 3.21. The van der Waals surface area contributed by atoms with E-state index in [2.05, 4.69) is 15.7 Å². The lowest BCUT2D eigenvalue weighted by molar-refractivity contribution is -0.384. The molecule has 1 heterocycles. The van der Waals surface area contributed by atoms with Crippen LogP contribution in [-0.2, 0) is 0 Å². The highest BCUT2D eigenvalue weighted by molar-refractivity contribution is 5.54. The van der Waals surface area contributed by atoms with Crippen LogP contribution in [0.3, 0.4) is 0 Å². The summed E-state index contributed by atoms with van der Waals surface area (Å²) in [5.41, 5.74) is 3.31. The number of nitrogen functional groups attached to an aromatic ring is 1. The summed E-state index contributed by atoms with van der Waals surface area (Å²) in [5.74, 6) is 5.90. The van der Waals surface area contributed by atoms with Crippen LogP contribution in [0.5, 0.6) is 0 Å². The molecule has 0 amide bonds. The van der Waals surface area contributed by atoms with E-state index in [9.17, 15) is 10.1 Å². The number of pyridine rings is 1. The van der Waals surface area contributed by atoms with Crippen LogP contribution in [0, 0.1) is 10.1 Å². The molecule has 0 spiro atoms. The summed E-state index contributed by atoms with van der Waals surface area (Å²) in [7, 11) is 0. The van der Waals surface area contributed by atoms with Crippen LogP contribution in [0.2, 0.25) is 0 Å². The van der Waals surface area contributed by atoms with Crippen LogP contribution in [0.4, 0.5) is 17.3 Å². The quantitative estimate of drug-likeness (QED) is 0.439. The van der Waals surface area contributed by atoms with Gasteiger partial charge >= 0.3 is 0 Å². The number of hydrogen-bond donors (Lipinski definition) is 3. The number of nitrogens with two attached hydrogens (primary N) is 1. The van der Waals surface area contributed by atoms with Gasteiger partial charge in [0.25, 0.3) is 5.69 Å². The molecular weight excluding hydrogens is 258 g/mol. The lowest BCUT2D eigenvalue weighted by Crippen LogP contribution is -2.12. The van der Waals surface area contributed by atoms with Crippen LogP contribution in [0.25, 0.3) is 0 Å². The Morgan fingerprint density at radius 3 is 2.50 bits per heavy atom. The summed E-state index contributed by atoms with van der Waals surface area (Å²) >= 11 is 0. The average Bonchev–Trinajstić information content (AvgIpc) is 2.47. The molecule has 0 bridgehead atoms. The average molecular weight is 273 g/mol. The molecule has 0 saturated carbocycles. The number of rotatable bonds is 5. The van der Waals surface area contributed by atoms with Gasteiger partial charge in [-0.1, -0.05) is 30.3 Å². The molecule has 0 aliphatic rings. The third-order valence-corrected chi connectivity index (χ3v) is 2.83. The molecule has 0 fully saturated rings. The third-order valence-electron chi connectivity index (χ3n) is 2.83. The van der Waals surface area contributed by atoms with Gasteiger partial charge in [0.1, 0.15) is 11.6 Å². The molecule has 1 unspecified atom stereocenters. The molecule has 1 aromatic carbocycles. The van der Waals surface area contributed by atoms with Crippen molar-refractivity contribution in [3.8, 4) is 0 Å². The highest BCUT2D eigenvalue weighted by atomic mass is 16.6. The molecule has 104 valence electrons. The predicted molar refractivity (Wildman–Crippen MR) is 77.2 cm³/mol. The minimum Gasteiger partial charge on any atom is -0.363 e. The maximum Gasteiger partial charge on any atom is 0.276 e. The number of benzene rings is 1. The summed E-state index contributed by atoms with van der Waals surface area (Å²) < 4.78 is 0. The van der Waals surface area contributed by atoms with Crippen molar-refractivity contribution in [2.45, 2.75) is 13.0 Å². The Morgan fingerprint density at radius 2 is 1.90 bits per heavy atom. The summed E-state index contributed by atoms with van der Waals surface area (Å²) in [6.07, 6.45) is 0. The van der Waals surface area contributed by atoms with Crippen LogP contribution in [0.15, 0.2) is 42.5 Å². The minimum atomic E-state index is -0.485. The van der Waals surface area contributed by atoms with E-state index in [1.165, 1.54) is 12.1 Å². The molecule has 1 atom stereocenters. The van der Waals surface area contributed by atoms with Crippen molar-refractivity contribution >= 4 is 17.3 Å². The van der Waals surface area contributed by atoms with Crippen molar-refractivity contribution in [2.75, 3.05) is 10.7 Å². The Balaban J connectivity index is 2.24. The van der Waals surface area contributed by atoms with Gasteiger partial charge in [0, 0.05) is 6.04 Å². The first kappa shape index (κ1) is 13.8. The van der Waals surface area contributed by atoms with E-state index in [1.54, 1.807) is 0 Å². The van der Waals surface area contributed by atoms with Crippen molar-refractivity contribution in [1.82, 2.24) is 4.98 Å². The molecule has 20 heavy (non-hydrogen) atoms. The van der Waals surface area contributed by atoms with Crippen molar-refractivity contribution < 1.29 is 4.92 Å². The Kier molecular flexibility index (Phi) is 4.11. The van der Waals surface area contributed by atoms with Crippen LogP contribution in [-0.4, -0.2) is 9.91 Å². The number of aromatic nitrogens is 1. The number of nitrogens with one attached hydrogen (secondary N) is 2. The summed E-state index contributed by atoms with van der Waals surface area (Å²) in [5, 5.41) is 14.0. The molecule has 7 heteroatoms. The van der Waals surface area contributed by atoms with E-state index >= 15 is 0 Å². The molecule has 0 saturated heterocycles.